The Morgan fingerprint density at radius 2 is 1.91 bits per heavy atom. The second-order valence-corrected chi connectivity index (χ2v) is 8.45. The minimum Gasteiger partial charge on any atom is -0.378 e. The third kappa shape index (κ3) is 4.28. The Bertz CT molecular complexity index is 1290. The number of nitriles is 1. The van der Waals surface area contributed by atoms with E-state index in [-0.39, 0.29) is 6.04 Å². The molecule has 1 N–H and O–H groups in total. The summed E-state index contributed by atoms with van der Waals surface area (Å²) < 4.78 is 5.48. The molecule has 7 heteroatoms. The number of nitrogens with zero attached hydrogens (tertiary/aromatic N) is 5. The zero-order chi connectivity index (χ0) is 23.5. The molecule has 1 saturated heterocycles. The highest BCUT2D eigenvalue weighted by molar-refractivity contribution is 5.84. The first kappa shape index (κ1) is 21.8. The molecule has 7 nitrogen and oxygen atoms in total. The van der Waals surface area contributed by atoms with Gasteiger partial charge < -0.3 is 15.0 Å². The maximum atomic E-state index is 9.37. The van der Waals surface area contributed by atoms with E-state index in [1.807, 2.05) is 49.8 Å². The smallest absolute Gasteiger partial charge is 0.174 e. The average molecular weight is 451 g/mol. The minimum absolute atomic E-state index is 0.0965. The van der Waals surface area contributed by atoms with Gasteiger partial charge in [-0.1, -0.05) is 30.9 Å². The number of aromatic nitrogens is 3. The maximum absolute atomic E-state index is 9.37. The molecule has 34 heavy (non-hydrogen) atoms. The summed E-state index contributed by atoms with van der Waals surface area (Å²) in [6.45, 7) is 9.35. The van der Waals surface area contributed by atoms with Gasteiger partial charge >= 0.3 is 0 Å². The Morgan fingerprint density at radius 1 is 1.15 bits per heavy atom. The number of nitrogens with one attached hydrogen (secondary N) is 1. The lowest BCUT2D eigenvalue weighted by molar-refractivity contribution is 0.122. The molecule has 1 unspecified atom stereocenters. The van der Waals surface area contributed by atoms with Crippen LogP contribution in [0.4, 0.5) is 5.69 Å². The molecule has 3 aromatic rings. The van der Waals surface area contributed by atoms with Gasteiger partial charge in [-0.15, -0.1) is 0 Å². The molecule has 1 aromatic carbocycles. The highest BCUT2D eigenvalue weighted by Gasteiger charge is 2.21. The summed E-state index contributed by atoms with van der Waals surface area (Å²) >= 11 is 0. The fraction of sp³-hybridized carbons (Fsp3) is 0.259. The maximum Gasteiger partial charge on any atom is 0.174 e. The lowest BCUT2D eigenvalue weighted by Gasteiger charge is -2.29. The molecule has 5 rings (SSSR count). The van der Waals surface area contributed by atoms with E-state index in [4.69, 9.17) is 9.72 Å². The monoisotopic (exact) mass is 450 g/mol. The number of fused-ring (bicyclic) bond motifs is 1. The lowest BCUT2D eigenvalue weighted by atomic mass is 10.0. The molecule has 0 bridgehead atoms. The second kappa shape index (κ2) is 9.46. The zero-order valence-corrected chi connectivity index (χ0v) is 19.2. The molecule has 1 aliphatic heterocycles. The summed E-state index contributed by atoms with van der Waals surface area (Å²) in [7, 11) is 0. The van der Waals surface area contributed by atoms with Crippen LogP contribution in [0.25, 0.3) is 11.3 Å². The van der Waals surface area contributed by atoms with Crippen LogP contribution in [0.5, 0.6) is 0 Å². The molecule has 0 radical (unpaired) electrons. The van der Waals surface area contributed by atoms with Crippen molar-refractivity contribution >= 4 is 17.0 Å². The topological polar surface area (TPSA) is 87.0 Å². The fourth-order valence-electron chi connectivity index (χ4n) is 4.46. The normalized spacial score (nSPS) is 15.8. The van der Waals surface area contributed by atoms with Crippen molar-refractivity contribution in [1.82, 2.24) is 20.3 Å². The number of allylic oxidation sites excluding steroid dienone is 1. The van der Waals surface area contributed by atoms with Crippen LogP contribution in [0.1, 0.15) is 46.7 Å². The Kier molecular flexibility index (Phi) is 6.07. The summed E-state index contributed by atoms with van der Waals surface area (Å²) in [6, 6.07) is 11.9. The SMILES string of the molecule is C=C(NC(C)c1ccccc1C#N)c1ncc(C2=CCc3ncc(N4CCOCC4)cc32)cn1. The first-order chi connectivity index (χ1) is 16.6. The summed E-state index contributed by atoms with van der Waals surface area (Å²) in [5.41, 5.74) is 7.58. The first-order valence-electron chi connectivity index (χ1n) is 11.4. The molecule has 170 valence electrons. The van der Waals surface area contributed by atoms with Gasteiger partial charge in [0.1, 0.15) is 0 Å². The van der Waals surface area contributed by atoms with Gasteiger partial charge in [-0.05, 0) is 30.2 Å². The molecule has 1 aliphatic carbocycles. The van der Waals surface area contributed by atoms with Crippen LogP contribution >= 0.6 is 0 Å². The second-order valence-electron chi connectivity index (χ2n) is 8.45. The summed E-state index contributed by atoms with van der Waals surface area (Å²) in [5.74, 6) is 0.532. The van der Waals surface area contributed by atoms with Crippen molar-refractivity contribution in [3.05, 3.63) is 95.3 Å². The van der Waals surface area contributed by atoms with Crippen LogP contribution in [0.3, 0.4) is 0 Å². The predicted octanol–water partition coefficient (Wildman–Crippen LogP) is 3.89. The molecule has 1 atom stereocenters. The van der Waals surface area contributed by atoms with Crippen LogP contribution in [-0.4, -0.2) is 41.3 Å². The van der Waals surface area contributed by atoms with E-state index < -0.39 is 0 Å². The van der Waals surface area contributed by atoms with E-state index in [0.29, 0.717) is 17.1 Å². The summed E-state index contributed by atoms with van der Waals surface area (Å²) in [5, 5.41) is 12.7. The number of morpholine rings is 1. The van der Waals surface area contributed by atoms with Crippen LogP contribution in [0, 0.1) is 11.3 Å². The number of anilines is 1. The Hall–Kier alpha value is -4.02. The van der Waals surface area contributed by atoms with E-state index in [1.54, 1.807) is 0 Å². The minimum atomic E-state index is -0.0965. The van der Waals surface area contributed by atoms with Crippen molar-refractivity contribution in [3.63, 3.8) is 0 Å². The van der Waals surface area contributed by atoms with Crippen molar-refractivity contribution in [3.8, 4) is 6.07 Å². The fourth-order valence-corrected chi connectivity index (χ4v) is 4.46. The largest absolute Gasteiger partial charge is 0.378 e. The zero-order valence-electron chi connectivity index (χ0n) is 19.2. The average Bonchev–Trinajstić information content (AvgIpc) is 3.32. The number of pyridine rings is 1. The number of ether oxygens (including phenoxy) is 1. The number of rotatable bonds is 6. The van der Waals surface area contributed by atoms with Gasteiger partial charge in [-0.3, -0.25) is 4.98 Å². The van der Waals surface area contributed by atoms with Gasteiger partial charge in [-0.2, -0.15) is 5.26 Å². The van der Waals surface area contributed by atoms with Crippen LogP contribution in [0.2, 0.25) is 0 Å². The third-order valence-electron chi connectivity index (χ3n) is 6.29. The Labute approximate surface area is 199 Å². The standard InChI is InChI=1S/C27H26N6O/c1-18(23-6-4-3-5-20(23)14-28)32-19(2)27-30-15-21(16-31-27)24-7-8-26-25(24)13-22(17-29-26)33-9-11-34-12-10-33/h3-7,13,15-18,32H,2,8-12H2,1H3. The molecule has 1 fully saturated rings. The Morgan fingerprint density at radius 3 is 2.68 bits per heavy atom. The van der Waals surface area contributed by atoms with Gasteiger partial charge in [0.2, 0.25) is 0 Å². The molecule has 0 spiro atoms. The van der Waals surface area contributed by atoms with Crippen LogP contribution < -0.4 is 10.2 Å². The molecule has 0 amide bonds. The van der Waals surface area contributed by atoms with E-state index in [9.17, 15) is 5.26 Å². The molecular weight excluding hydrogens is 424 g/mol. The molecule has 2 aliphatic rings. The van der Waals surface area contributed by atoms with Gasteiger partial charge in [-0.25, -0.2) is 9.97 Å². The quantitative estimate of drug-likeness (QED) is 0.610. The molecular formula is C27H26N6O. The highest BCUT2D eigenvalue weighted by atomic mass is 16.5. The van der Waals surface area contributed by atoms with Crippen molar-refractivity contribution in [1.29, 1.82) is 5.26 Å². The molecule has 3 heterocycles. The van der Waals surface area contributed by atoms with E-state index in [2.05, 4.69) is 45.0 Å². The van der Waals surface area contributed by atoms with Gasteiger partial charge in [0, 0.05) is 49.1 Å². The first-order valence-corrected chi connectivity index (χ1v) is 11.4. The molecule has 2 aromatic heterocycles. The number of hydrogen-bond donors (Lipinski definition) is 1. The van der Waals surface area contributed by atoms with Crippen LogP contribution in [-0.2, 0) is 11.2 Å². The highest BCUT2D eigenvalue weighted by Crippen LogP contribution is 2.34. The van der Waals surface area contributed by atoms with Gasteiger partial charge in [0.05, 0.1) is 48.1 Å². The van der Waals surface area contributed by atoms with Crippen LogP contribution in [0.15, 0.2) is 61.6 Å². The van der Waals surface area contributed by atoms with Gasteiger partial charge in [0.25, 0.3) is 0 Å². The van der Waals surface area contributed by atoms with E-state index in [0.717, 1.165) is 66.4 Å². The van der Waals surface area contributed by atoms with E-state index in [1.165, 1.54) is 0 Å². The van der Waals surface area contributed by atoms with Crippen molar-refractivity contribution in [2.24, 2.45) is 0 Å². The molecule has 0 saturated carbocycles. The number of benzene rings is 1. The predicted molar refractivity (Wildman–Crippen MR) is 132 cm³/mol. The Balaban J connectivity index is 1.32. The van der Waals surface area contributed by atoms with Crippen molar-refractivity contribution < 1.29 is 4.74 Å². The summed E-state index contributed by atoms with van der Waals surface area (Å²) in [6.07, 6.45) is 8.63. The third-order valence-corrected chi connectivity index (χ3v) is 6.29. The van der Waals surface area contributed by atoms with E-state index >= 15 is 0 Å². The number of hydrogen-bond acceptors (Lipinski definition) is 7. The van der Waals surface area contributed by atoms with Crippen molar-refractivity contribution in [2.75, 3.05) is 31.2 Å². The summed E-state index contributed by atoms with van der Waals surface area (Å²) in [4.78, 5) is 16.2. The van der Waals surface area contributed by atoms with Gasteiger partial charge in [0.15, 0.2) is 5.82 Å². The lowest BCUT2D eigenvalue weighted by Crippen LogP contribution is -2.36. The van der Waals surface area contributed by atoms with Crippen molar-refractivity contribution in [2.45, 2.75) is 19.4 Å².